The molecule has 0 saturated heterocycles. The highest BCUT2D eigenvalue weighted by atomic mass is 16.6. The van der Waals surface area contributed by atoms with Gasteiger partial charge in [0.15, 0.2) is 6.10 Å². The molecule has 0 aromatic rings. The van der Waals surface area contributed by atoms with E-state index in [0.717, 1.165) is 57.8 Å². The molecule has 1 atom stereocenters. The number of rotatable bonds is 38. The standard InChI is InChI=1S/C45H80O5/c1-3-5-7-9-11-13-15-17-18-19-20-21-22-23-24-25-26-28-30-32-34-36-38-40-45(48)50-43(41-46)42-49-44(47)39-37-35-33-31-29-27-16-14-12-10-8-6-4-2/h14-17,19-20,22-23,43,46H,3-13,18,21,24-42H2,1-2H3/b16-14-,17-15-,20-19-,23-22-. The van der Waals surface area contributed by atoms with E-state index in [4.69, 9.17) is 9.47 Å². The number of carbonyl (C=O) groups is 2. The van der Waals surface area contributed by atoms with Crippen molar-refractivity contribution in [3.8, 4) is 0 Å². The van der Waals surface area contributed by atoms with Crippen LogP contribution in [-0.2, 0) is 19.1 Å². The number of hydrogen-bond donors (Lipinski definition) is 1. The lowest BCUT2D eigenvalue weighted by atomic mass is 10.1. The Morgan fingerprint density at radius 1 is 0.460 bits per heavy atom. The molecule has 1 unspecified atom stereocenters. The van der Waals surface area contributed by atoms with E-state index in [0.29, 0.717) is 12.8 Å². The van der Waals surface area contributed by atoms with E-state index in [9.17, 15) is 14.7 Å². The first kappa shape index (κ1) is 47.9. The van der Waals surface area contributed by atoms with Crippen LogP contribution in [0.1, 0.15) is 206 Å². The van der Waals surface area contributed by atoms with Crippen molar-refractivity contribution in [1.29, 1.82) is 0 Å². The average Bonchev–Trinajstić information content (AvgIpc) is 3.12. The first-order chi connectivity index (χ1) is 24.6. The van der Waals surface area contributed by atoms with Gasteiger partial charge in [-0.15, -0.1) is 0 Å². The fourth-order valence-electron chi connectivity index (χ4n) is 5.85. The van der Waals surface area contributed by atoms with E-state index >= 15 is 0 Å². The molecule has 0 aliphatic carbocycles. The van der Waals surface area contributed by atoms with Crippen molar-refractivity contribution in [2.45, 2.75) is 213 Å². The molecule has 0 saturated carbocycles. The van der Waals surface area contributed by atoms with Crippen LogP contribution in [-0.4, -0.2) is 36.4 Å². The topological polar surface area (TPSA) is 72.8 Å². The summed E-state index contributed by atoms with van der Waals surface area (Å²) in [5, 5.41) is 9.56. The molecule has 0 radical (unpaired) electrons. The third-order valence-corrected chi connectivity index (χ3v) is 9.10. The highest BCUT2D eigenvalue weighted by Crippen LogP contribution is 2.13. The van der Waals surface area contributed by atoms with Crippen LogP contribution in [0.3, 0.4) is 0 Å². The van der Waals surface area contributed by atoms with E-state index in [1.165, 1.54) is 122 Å². The smallest absolute Gasteiger partial charge is 0.306 e. The fraction of sp³-hybridized carbons (Fsp3) is 0.778. The van der Waals surface area contributed by atoms with Gasteiger partial charge in [-0.05, 0) is 77.0 Å². The van der Waals surface area contributed by atoms with Crippen LogP contribution in [0.5, 0.6) is 0 Å². The van der Waals surface area contributed by atoms with Gasteiger partial charge in [0, 0.05) is 12.8 Å². The van der Waals surface area contributed by atoms with Gasteiger partial charge in [-0.25, -0.2) is 0 Å². The maximum atomic E-state index is 12.2. The maximum Gasteiger partial charge on any atom is 0.306 e. The molecule has 0 bridgehead atoms. The highest BCUT2D eigenvalue weighted by molar-refractivity contribution is 5.70. The van der Waals surface area contributed by atoms with Gasteiger partial charge in [0.1, 0.15) is 6.61 Å². The molecule has 1 N–H and O–H groups in total. The van der Waals surface area contributed by atoms with Crippen molar-refractivity contribution in [1.82, 2.24) is 0 Å². The van der Waals surface area contributed by atoms with Crippen LogP contribution in [0, 0.1) is 0 Å². The third-order valence-electron chi connectivity index (χ3n) is 9.10. The van der Waals surface area contributed by atoms with Gasteiger partial charge < -0.3 is 14.6 Å². The van der Waals surface area contributed by atoms with Gasteiger partial charge in [-0.3, -0.25) is 9.59 Å². The maximum absolute atomic E-state index is 12.2. The van der Waals surface area contributed by atoms with E-state index in [1.54, 1.807) is 0 Å². The minimum atomic E-state index is -0.778. The lowest BCUT2D eigenvalue weighted by Crippen LogP contribution is -2.28. The van der Waals surface area contributed by atoms with Crippen molar-refractivity contribution in [2.24, 2.45) is 0 Å². The van der Waals surface area contributed by atoms with Gasteiger partial charge in [0.2, 0.25) is 0 Å². The zero-order chi connectivity index (χ0) is 36.4. The van der Waals surface area contributed by atoms with E-state index < -0.39 is 6.10 Å². The molecule has 0 aliphatic rings. The largest absolute Gasteiger partial charge is 0.462 e. The molecular formula is C45H80O5. The molecule has 0 rings (SSSR count). The molecule has 0 aromatic heterocycles. The number of esters is 2. The third kappa shape index (κ3) is 38.7. The van der Waals surface area contributed by atoms with E-state index in [-0.39, 0.29) is 25.2 Å². The Morgan fingerprint density at radius 3 is 1.24 bits per heavy atom. The summed E-state index contributed by atoms with van der Waals surface area (Å²) in [5.74, 6) is -0.609. The lowest BCUT2D eigenvalue weighted by Gasteiger charge is -2.15. The van der Waals surface area contributed by atoms with Crippen molar-refractivity contribution in [3.63, 3.8) is 0 Å². The van der Waals surface area contributed by atoms with Gasteiger partial charge in [0.05, 0.1) is 6.61 Å². The normalized spacial score (nSPS) is 12.6. The predicted octanol–water partition coefficient (Wildman–Crippen LogP) is 13.4. The van der Waals surface area contributed by atoms with Crippen LogP contribution in [0.2, 0.25) is 0 Å². The Bertz CT molecular complexity index is 842. The Hall–Kier alpha value is -2.14. The number of aliphatic hydroxyl groups is 1. The number of hydrogen-bond acceptors (Lipinski definition) is 5. The van der Waals surface area contributed by atoms with Gasteiger partial charge >= 0.3 is 11.9 Å². The minimum absolute atomic E-state index is 0.0735. The second-order valence-corrected chi connectivity index (χ2v) is 14.1. The molecule has 0 heterocycles. The molecule has 0 amide bonds. The van der Waals surface area contributed by atoms with Crippen molar-refractivity contribution < 1.29 is 24.2 Å². The van der Waals surface area contributed by atoms with Gasteiger partial charge in [-0.2, -0.15) is 0 Å². The molecule has 50 heavy (non-hydrogen) atoms. The highest BCUT2D eigenvalue weighted by Gasteiger charge is 2.16. The Morgan fingerprint density at radius 2 is 0.800 bits per heavy atom. The molecule has 0 spiro atoms. The van der Waals surface area contributed by atoms with Crippen LogP contribution < -0.4 is 0 Å². The summed E-state index contributed by atoms with van der Waals surface area (Å²) in [5.41, 5.74) is 0. The summed E-state index contributed by atoms with van der Waals surface area (Å²) in [7, 11) is 0. The quantitative estimate of drug-likeness (QED) is 0.0394. The molecule has 5 nitrogen and oxygen atoms in total. The number of ether oxygens (including phenoxy) is 2. The van der Waals surface area contributed by atoms with Crippen molar-refractivity contribution >= 4 is 11.9 Å². The molecule has 0 aromatic carbocycles. The van der Waals surface area contributed by atoms with Crippen molar-refractivity contribution in [3.05, 3.63) is 48.6 Å². The summed E-state index contributed by atoms with van der Waals surface area (Å²) in [4.78, 5) is 24.3. The lowest BCUT2D eigenvalue weighted by molar-refractivity contribution is -0.161. The van der Waals surface area contributed by atoms with Crippen LogP contribution in [0.25, 0.3) is 0 Å². The number of allylic oxidation sites excluding steroid dienone is 8. The van der Waals surface area contributed by atoms with Crippen LogP contribution in [0.4, 0.5) is 0 Å². The number of carbonyl (C=O) groups excluding carboxylic acids is 2. The van der Waals surface area contributed by atoms with Gasteiger partial charge in [-0.1, -0.05) is 165 Å². The summed E-state index contributed by atoms with van der Waals surface area (Å²) in [6, 6.07) is 0. The minimum Gasteiger partial charge on any atom is -0.462 e. The summed E-state index contributed by atoms with van der Waals surface area (Å²) in [6.45, 7) is 4.10. The second-order valence-electron chi connectivity index (χ2n) is 14.1. The summed E-state index contributed by atoms with van der Waals surface area (Å²) < 4.78 is 10.6. The van der Waals surface area contributed by atoms with Gasteiger partial charge in [0.25, 0.3) is 0 Å². The Balaban J connectivity index is 3.57. The first-order valence-corrected chi connectivity index (χ1v) is 21.2. The van der Waals surface area contributed by atoms with E-state index in [1.807, 2.05) is 0 Å². The molecule has 0 fully saturated rings. The molecule has 290 valence electrons. The number of aliphatic hydroxyl groups excluding tert-OH is 1. The predicted molar refractivity (Wildman–Crippen MR) is 214 cm³/mol. The molecule has 5 heteroatoms. The molecule has 0 aliphatic heterocycles. The summed E-state index contributed by atoms with van der Waals surface area (Å²) >= 11 is 0. The Labute approximate surface area is 309 Å². The van der Waals surface area contributed by atoms with Crippen molar-refractivity contribution in [2.75, 3.05) is 13.2 Å². The van der Waals surface area contributed by atoms with Crippen LogP contribution in [0.15, 0.2) is 48.6 Å². The zero-order valence-corrected chi connectivity index (χ0v) is 32.9. The zero-order valence-electron chi connectivity index (χ0n) is 32.9. The second kappa shape index (κ2) is 41.3. The monoisotopic (exact) mass is 701 g/mol. The Kier molecular flexibility index (Phi) is 39.5. The molecular weight excluding hydrogens is 620 g/mol. The van der Waals surface area contributed by atoms with Crippen LogP contribution >= 0.6 is 0 Å². The average molecular weight is 701 g/mol. The summed E-state index contributed by atoms with van der Waals surface area (Å²) in [6.07, 6.45) is 51.7. The van der Waals surface area contributed by atoms with E-state index in [2.05, 4.69) is 62.5 Å². The SMILES string of the molecule is CCCCCC/C=C\CCCCCCCC(=O)OCC(CO)OC(=O)CCCCCCCCCC/C=C\C/C=C\C/C=C\CCCCCCC. The fourth-order valence-corrected chi connectivity index (χ4v) is 5.85. The number of unbranched alkanes of at least 4 members (excludes halogenated alkanes) is 22. The first-order valence-electron chi connectivity index (χ1n) is 21.2.